The molecular formula is C20H32O8. The minimum absolute atomic E-state index is 0.163. The molecule has 0 amide bonds. The predicted octanol–water partition coefficient (Wildman–Crippen LogP) is 2.46. The molecule has 0 radical (unpaired) electrons. The Hall–Kier alpha value is -1.03. The number of carbonyl (C=O) groups is 1. The fourth-order valence-electron chi connectivity index (χ4n) is 3.76. The summed E-state index contributed by atoms with van der Waals surface area (Å²) in [6.45, 7) is 13.2. The second kappa shape index (κ2) is 7.04. The number of carboxylic acids is 1. The molecule has 28 heavy (non-hydrogen) atoms. The van der Waals surface area contributed by atoms with Crippen LogP contribution >= 0.6 is 0 Å². The molecule has 0 spiro atoms. The number of ether oxygens (including phenoxy) is 6. The van der Waals surface area contributed by atoms with Crippen LogP contribution in [0.1, 0.15) is 48.5 Å². The molecule has 0 aliphatic carbocycles. The topological polar surface area (TPSA) is 92.7 Å². The third kappa shape index (κ3) is 4.42. The van der Waals surface area contributed by atoms with Crippen LogP contribution in [-0.2, 0) is 33.2 Å². The van der Waals surface area contributed by atoms with E-state index in [0.29, 0.717) is 6.61 Å². The smallest absolute Gasteiger partial charge is 0.329 e. The maximum atomic E-state index is 11.3. The van der Waals surface area contributed by atoms with Crippen molar-refractivity contribution in [3.63, 3.8) is 0 Å². The standard InChI is InChI=1S/C20H32O8/c1-17(2,3)8-9-20(24-11-13(21)22)14(12-10-23-18(4,5)26-12)25-16-15(20)27-19(6,7)28-16/h8-9,12,14-16H,10-11H2,1-7H3,(H,21,22)/b9-8+/t12-,14-,15+,16-,20-/m1/s1. The lowest BCUT2D eigenvalue weighted by molar-refractivity contribution is -0.247. The summed E-state index contributed by atoms with van der Waals surface area (Å²) in [6, 6.07) is 0. The van der Waals surface area contributed by atoms with Crippen molar-refractivity contribution in [2.45, 2.75) is 90.2 Å². The van der Waals surface area contributed by atoms with E-state index in [-0.39, 0.29) is 5.41 Å². The maximum absolute atomic E-state index is 11.3. The number of hydrogen-bond donors (Lipinski definition) is 1. The molecule has 3 aliphatic heterocycles. The summed E-state index contributed by atoms with van der Waals surface area (Å²) in [5.41, 5.74) is -1.36. The largest absolute Gasteiger partial charge is 0.480 e. The molecule has 0 aromatic rings. The van der Waals surface area contributed by atoms with Gasteiger partial charge in [0.25, 0.3) is 0 Å². The fourth-order valence-corrected chi connectivity index (χ4v) is 3.76. The molecule has 0 unspecified atom stereocenters. The van der Waals surface area contributed by atoms with Crippen molar-refractivity contribution >= 4 is 5.97 Å². The van der Waals surface area contributed by atoms with Crippen LogP contribution in [0.15, 0.2) is 12.2 Å². The van der Waals surface area contributed by atoms with Crippen LogP contribution in [0.4, 0.5) is 0 Å². The van der Waals surface area contributed by atoms with E-state index in [9.17, 15) is 9.90 Å². The Balaban J connectivity index is 2.01. The zero-order valence-electron chi connectivity index (χ0n) is 17.7. The van der Waals surface area contributed by atoms with Gasteiger partial charge in [-0.05, 0) is 33.1 Å². The number of hydrogen-bond acceptors (Lipinski definition) is 7. The van der Waals surface area contributed by atoms with Gasteiger partial charge in [-0.3, -0.25) is 0 Å². The second-order valence-corrected chi connectivity index (χ2v) is 9.58. The number of fused-ring (bicyclic) bond motifs is 1. The van der Waals surface area contributed by atoms with Gasteiger partial charge in [0.2, 0.25) is 0 Å². The van der Waals surface area contributed by atoms with Gasteiger partial charge in [0.05, 0.1) is 6.61 Å². The first-order valence-electron chi connectivity index (χ1n) is 9.62. The Morgan fingerprint density at radius 2 is 1.79 bits per heavy atom. The Morgan fingerprint density at radius 3 is 2.32 bits per heavy atom. The Labute approximate surface area is 166 Å². The molecule has 3 rings (SSSR count). The van der Waals surface area contributed by atoms with Crippen LogP contribution in [0, 0.1) is 5.41 Å². The summed E-state index contributed by atoms with van der Waals surface area (Å²) >= 11 is 0. The first kappa shape index (κ1) is 21.7. The molecular weight excluding hydrogens is 368 g/mol. The molecule has 0 saturated carbocycles. The number of aliphatic carboxylic acids is 1. The van der Waals surface area contributed by atoms with Gasteiger partial charge in [-0.15, -0.1) is 0 Å². The highest BCUT2D eigenvalue weighted by Crippen LogP contribution is 2.49. The normalized spacial score (nSPS) is 39.5. The van der Waals surface area contributed by atoms with Gasteiger partial charge in [0, 0.05) is 0 Å². The van der Waals surface area contributed by atoms with Crippen molar-refractivity contribution in [2.24, 2.45) is 5.41 Å². The molecule has 0 bridgehead atoms. The van der Waals surface area contributed by atoms with Crippen molar-refractivity contribution in [2.75, 3.05) is 13.2 Å². The molecule has 3 fully saturated rings. The van der Waals surface area contributed by atoms with Crippen molar-refractivity contribution in [1.82, 2.24) is 0 Å². The Morgan fingerprint density at radius 1 is 1.11 bits per heavy atom. The predicted molar refractivity (Wildman–Crippen MR) is 98.5 cm³/mol. The number of allylic oxidation sites excluding steroid dienone is 1. The second-order valence-electron chi connectivity index (χ2n) is 9.58. The molecule has 0 aromatic heterocycles. The highest BCUT2D eigenvalue weighted by molar-refractivity contribution is 5.68. The molecule has 3 aliphatic rings. The van der Waals surface area contributed by atoms with Gasteiger partial charge in [-0.1, -0.05) is 32.9 Å². The minimum Gasteiger partial charge on any atom is -0.480 e. The van der Waals surface area contributed by atoms with Crippen LogP contribution in [0.25, 0.3) is 0 Å². The molecule has 160 valence electrons. The molecule has 3 saturated heterocycles. The number of carboxylic acid groups (broad SMARTS) is 1. The van der Waals surface area contributed by atoms with Crippen LogP contribution in [0.2, 0.25) is 0 Å². The van der Waals surface area contributed by atoms with Crippen molar-refractivity contribution in [1.29, 1.82) is 0 Å². The first-order valence-corrected chi connectivity index (χ1v) is 9.62. The van der Waals surface area contributed by atoms with E-state index in [2.05, 4.69) is 0 Å². The van der Waals surface area contributed by atoms with Gasteiger partial charge < -0.3 is 33.5 Å². The van der Waals surface area contributed by atoms with E-state index in [1.807, 2.05) is 46.8 Å². The summed E-state index contributed by atoms with van der Waals surface area (Å²) < 4.78 is 35.9. The highest BCUT2D eigenvalue weighted by atomic mass is 16.9. The average Bonchev–Trinajstić information content (AvgIpc) is 3.11. The molecule has 5 atom stereocenters. The van der Waals surface area contributed by atoms with Crippen molar-refractivity contribution in [3.8, 4) is 0 Å². The first-order chi connectivity index (χ1) is 12.7. The molecule has 3 heterocycles. The summed E-state index contributed by atoms with van der Waals surface area (Å²) in [5, 5.41) is 9.28. The van der Waals surface area contributed by atoms with E-state index in [1.54, 1.807) is 13.8 Å². The number of rotatable bonds is 5. The quantitative estimate of drug-likeness (QED) is 0.704. The highest BCUT2D eigenvalue weighted by Gasteiger charge is 2.66. The van der Waals surface area contributed by atoms with Crippen LogP contribution in [-0.4, -0.2) is 66.1 Å². The van der Waals surface area contributed by atoms with Crippen molar-refractivity contribution < 1.29 is 38.3 Å². The van der Waals surface area contributed by atoms with Gasteiger partial charge >= 0.3 is 5.97 Å². The van der Waals surface area contributed by atoms with Crippen LogP contribution in [0.5, 0.6) is 0 Å². The average molecular weight is 400 g/mol. The zero-order chi connectivity index (χ0) is 21.0. The summed E-state index contributed by atoms with van der Waals surface area (Å²) in [5.74, 6) is -2.72. The van der Waals surface area contributed by atoms with Crippen LogP contribution in [0.3, 0.4) is 0 Å². The fraction of sp³-hybridized carbons (Fsp3) is 0.850. The SMILES string of the molecule is CC(C)(C)/C=C/[C@@]1(OCC(=O)O)[C@@H]([C@H]2COC(C)(C)O2)O[C@@H]2OC(C)(C)O[C@@H]21. The lowest BCUT2D eigenvalue weighted by atomic mass is 9.85. The van der Waals surface area contributed by atoms with Gasteiger partial charge in [-0.25, -0.2) is 4.79 Å². The van der Waals surface area contributed by atoms with Crippen LogP contribution < -0.4 is 0 Å². The van der Waals surface area contributed by atoms with Gasteiger partial charge in [0.15, 0.2) is 17.9 Å². The van der Waals surface area contributed by atoms with E-state index in [1.165, 1.54) is 0 Å². The van der Waals surface area contributed by atoms with Gasteiger partial charge in [0.1, 0.15) is 30.5 Å². The lowest BCUT2D eigenvalue weighted by Gasteiger charge is -2.38. The summed E-state index contributed by atoms with van der Waals surface area (Å²) in [7, 11) is 0. The third-order valence-electron chi connectivity index (χ3n) is 4.89. The van der Waals surface area contributed by atoms with E-state index < -0.39 is 54.4 Å². The minimum atomic E-state index is -1.20. The maximum Gasteiger partial charge on any atom is 0.329 e. The van der Waals surface area contributed by atoms with Crippen molar-refractivity contribution in [3.05, 3.63) is 12.2 Å². The van der Waals surface area contributed by atoms with E-state index in [0.717, 1.165) is 0 Å². The molecule has 1 N–H and O–H groups in total. The van der Waals surface area contributed by atoms with E-state index in [4.69, 9.17) is 28.4 Å². The lowest BCUT2D eigenvalue weighted by Crippen LogP contribution is -2.55. The third-order valence-corrected chi connectivity index (χ3v) is 4.89. The molecule has 0 aromatic carbocycles. The summed E-state index contributed by atoms with van der Waals surface area (Å²) in [6.07, 6.45) is 1.37. The summed E-state index contributed by atoms with van der Waals surface area (Å²) in [4.78, 5) is 11.3. The van der Waals surface area contributed by atoms with Gasteiger partial charge in [-0.2, -0.15) is 0 Å². The van der Waals surface area contributed by atoms with E-state index >= 15 is 0 Å². The molecule has 8 heteroatoms. The Kier molecular flexibility index (Phi) is 5.45. The zero-order valence-corrected chi connectivity index (χ0v) is 17.7. The monoisotopic (exact) mass is 400 g/mol. The Bertz CT molecular complexity index is 635. The molecule has 8 nitrogen and oxygen atoms in total.